The summed E-state index contributed by atoms with van der Waals surface area (Å²) < 4.78 is 32.7. The third-order valence-electron chi connectivity index (χ3n) is 7.41. The second-order valence-electron chi connectivity index (χ2n) is 11.4. The molecule has 2 unspecified atom stereocenters. The van der Waals surface area contributed by atoms with E-state index in [4.69, 9.17) is 4.74 Å². The van der Waals surface area contributed by atoms with Gasteiger partial charge in [-0.05, 0) is 54.5 Å². The first-order chi connectivity index (χ1) is 19.5. The van der Waals surface area contributed by atoms with E-state index < -0.39 is 18.0 Å². The molecule has 2 fully saturated rings. The molecule has 5 rings (SSSR count). The third-order valence-corrected chi connectivity index (χ3v) is 8.29. The molecule has 1 aliphatic carbocycles. The maximum absolute atomic E-state index is 13.7. The van der Waals surface area contributed by atoms with Gasteiger partial charge in [0.2, 0.25) is 5.91 Å². The Morgan fingerprint density at radius 3 is 2.61 bits per heavy atom. The van der Waals surface area contributed by atoms with E-state index in [0.717, 1.165) is 19.3 Å². The monoisotopic (exact) mass is 582 g/mol. The molecule has 9 nitrogen and oxygen atoms in total. The largest absolute Gasteiger partial charge is 0.494 e. The summed E-state index contributed by atoms with van der Waals surface area (Å²) in [5.74, 6) is 6.84. The molecule has 2 amide bonds. The highest BCUT2D eigenvalue weighted by molar-refractivity contribution is 8.14. The molecule has 2 aliphatic heterocycles. The summed E-state index contributed by atoms with van der Waals surface area (Å²) in [7, 11) is 1.39. The van der Waals surface area contributed by atoms with Gasteiger partial charge in [-0.25, -0.2) is 13.8 Å². The summed E-state index contributed by atoms with van der Waals surface area (Å²) in [5, 5.41) is 6.98. The molecule has 2 aromatic heterocycles. The molecule has 0 spiro atoms. The highest BCUT2D eigenvalue weighted by Gasteiger charge is 2.35. The molecule has 2 atom stereocenters. The van der Waals surface area contributed by atoms with E-state index >= 15 is 0 Å². The zero-order valence-electron chi connectivity index (χ0n) is 23.3. The zero-order valence-corrected chi connectivity index (χ0v) is 24.1. The normalized spacial score (nSPS) is 20.7. The second kappa shape index (κ2) is 11.6. The molecule has 2 N–H and O–H groups in total. The first kappa shape index (κ1) is 28.8. The maximum atomic E-state index is 13.7. The van der Waals surface area contributed by atoms with Gasteiger partial charge in [0, 0.05) is 36.2 Å². The van der Waals surface area contributed by atoms with Gasteiger partial charge in [0.15, 0.2) is 10.5 Å². The number of nitrogens with zero attached hydrogens (tertiary/aromatic N) is 4. The molecule has 41 heavy (non-hydrogen) atoms. The Kier molecular flexibility index (Phi) is 8.18. The van der Waals surface area contributed by atoms with Crippen LogP contribution in [0.5, 0.6) is 5.75 Å². The Morgan fingerprint density at radius 1 is 1.17 bits per heavy atom. The fraction of sp³-hybridized carbons (Fsp3) is 0.483. The molecule has 12 heteroatoms. The van der Waals surface area contributed by atoms with E-state index in [1.165, 1.54) is 37.3 Å². The Balaban J connectivity index is 1.47. The van der Waals surface area contributed by atoms with Gasteiger partial charge in [-0.15, -0.1) is 0 Å². The summed E-state index contributed by atoms with van der Waals surface area (Å²) in [6, 6.07) is 2.77. The lowest BCUT2D eigenvalue weighted by molar-refractivity contribution is -0.121. The number of ether oxygens (including phenoxy) is 1. The number of pyridine rings is 2. The summed E-state index contributed by atoms with van der Waals surface area (Å²) >= 11 is 1.27. The van der Waals surface area contributed by atoms with E-state index in [9.17, 15) is 18.4 Å². The van der Waals surface area contributed by atoms with Crippen LogP contribution < -0.4 is 20.4 Å². The van der Waals surface area contributed by atoms with Crippen molar-refractivity contribution in [2.75, 3.05) is 18.6 Å². The van der Waals surface area contributed by atoms with E-state index in [2.05, 4.69) is 58.4 Å². The Hall–Kier alpha value is -3.72. The molecule has 0 radical (unpaired) electrons. The van der Waals surface area contributed by atoms with Crippen molar-refractivity contribution in [3.05, 3.63) is 35.8 Å². The van der Waals surface area contributed by atoms with Gasteiger partial charge in [-0.2, -0.15) is 5.10 Å². The number of amides is 2. The number of carbonyl (C=O) groups excluding carboxylic acids is 2. The predicted octanol–water partition coefficient (Wildman–Crippen LogP) is 4.96. The minimum Gasteiger partial charge on any atom is -0.494 e. The topological polar surface area (TPSA) is 109 Å². The van der Waals surface area contributed by atoms with Crippen molar-refractivity contribution in [3.8, 4) is 28.7 Å². The minimum absolute atomic E-state index is 0.0172. The van der Waals surface area contributed by atoms with Crippen LogP contribution in [-0.2, 0) is 4.79 Å². The molecule has 3 aliphatic rings. The van der Waals surface area contributed by atoms with Crippen LogP contribution in [0.4, 0.5) is 14.6 Å². The predicted molar refractivity (Wildman–Crippen MR) is 153 cm³/mol. The van der Waals surface area contributed by atoms with Crippen LogP contribution in [0.15, 0.2) is 29.6 Å². The number of carbonyl (C=O) groups is 2. The number of halogens is 2. The van der Waals surface area contributed by atoms with Crippen molar-refractivity contribution >= 4 is 34.6 Å². The number of aromatic nitrogens is 2. The van der Waals surface area contributed by atoms with Gasteiger partial charge in [-0.3, -0.25) is 30.2 Å². The lowest BCUT2D eigenvalue weighted by Crippen LogP contribution is -2.42. The summed E-state index contributed by atoms with van der Waals surface area (Å²) in [5.41, 5.74) is 3.02. The second-order valence-corrected chi connectivity index (χ2v) is 12.5. The van der Waals surface area contributed by atoms with Gasteiger partial charge in [0.25, 0.3) is 12.3 Å². The molecule has 216 valence electrons. The Bertz CT molecular complexity index is 1440. The fourth-order valence-corrected chi connectivity index (χ4v) is 5.46. The lowest BCUT2D eigenvalue weighted by atomic mass is 9.75. The van der Waals surface area contributed by atoms with Crippen LogP contribution in [0, 0.1) is 29.1 Å². The molecule has 0 aromatic carbocycles. The third kappa shape index (κ3) is 6.62. The highest BCUT2D eigenvalue weighted by Crippen LogP contribution is 2.39. The first-order valence-corrected chi connectivity index (χ1v) is 14.4. The smallest absolute Gasteiger partial charge is 0.280 e. The molecular formula is C29H32F2N6O3S. The SMILES string of the molecule is COc1cnc(C(F)F)cc1-c1cc(N2CCC(C(C)(C)C)CC2=O)ncc1C(=O)NC1=NNC(C#CC2CC2)S1. The highest BCUT2D eigenvalue weighted by atomic mass is 32.2. The number of anilines is 1. The summed E-state index contributed by atoms with van der Waals surface area (Å²) in [4.78, 5) is 36.5. The standard InChI is InChI=1S/C29H32F2N6O3S/c1-29(2,3)17-9-10-37(25(38)11-17)23-13-18(19-12-21(26(30)31)32-15-22(19)40-4)20(14-33-23)27(39)34-28-36-35-24(41-28)8-7-16-5-6-16/h12-17,24,26,35H,5-6,9-11H2,1-4H3,(H,34,36,39). The maximum Gasteiger partial charge on any atom is 0.280 e. The van der Waals surface area contributed by atoms with E-state index in [1.54, 1.807) is 11.0 Å². The minimum atomic E-state index is -2.83. The molecule has 4 heterocycles. The summed E-state index contributed by atoms with van der Waals surface area (Å²) in [6.45, 7) is 6.80. The molecular weight excluding hydrogens is 550 g/mol. The van der Waals surface area contributed by atoms with Crippen LogP contribution >= 0.6 is 11.8 Å². The first-order valence-electron chi connectivity index (χ1n) is 13.5. The number of hydrazone groups is 1. The van der Waals surface area contributed by atoms with Gasteiger partial charge in [0.1, 0.15) is 17.3 Å². The number of amidine groups is 1. The number of rotatable bonds is 5. The molecule has 0 bridgehead atoms. The molecule has 2 aromatic rings. The van der Waals surface area contributed by atoms with Crippen LogP contribution in [0.3, 0.4) is 0 Å². The van der Waals surface area contributed by atoms with E-state index in [0.29, 0.717) is 29.9 Å². The zero-order chi connectivity index (χ0) is 29.3. The lowest BCUT2D eigenvalue weighted by Gasteiger charge is -2.38. The Labute approximate surface area is 241 Å². The number of piperidine rings is 1. The van der Waals surface area contributed by atoms with Crippen LogP contribution in [0.25, 0.3) is 11.1 Å². The fourth-order valence-electron chi connectivity index (χ4n) is 4.75. The molecule has 1 saturated heterocycles. The number of methoxy groups -OCH3 is 1. The van der Waals surface area contributed by atoms with Crippen LogP contribution in [-0.4, -0.2) is 46.0 Å². The quantitative estimate of drug-likeness (QED) is 0.480. The van der Waals surface area contributed by atoms with Crippen molar-refractivity contribution in [2.45, 2.75) is 58.3 Å². The van der Waals surface area contributed by atoms with E-state index in [1.807, 2.05) is 0 Å². The number of hydrogen-bond donors (Lipinski definition) is 2. The number of thioether (sulfide) groups is 1. The van der Waals surface area contributed by atoms with Crippen LogP contribution in [0.2, 0.25) is 0 Å². The van der Waals surface area contributed by atoms with Crippen molar-refractivity contribution in [1.29, 1.82) is 0 Å². The number of alkyl halides is 2. The van der Waals surface area contributed by atoms with Crippen molar-refractivity contribution in [2.24, 2.45) is 22.4 Å². The van der Waals surface area contributed by atoms with Crippen molar-refractivity contribution in [3.63, 3.8) is 0 Å². The van der Waals surface area contributed by atoms with Crippen LogP contribution in [0.1, 0.15) is 68.9 Å². The average molecular weight is 583 g/mol. The number of nitrogens with one attached hydrogen (secondary N) is 2. The molecule has 1 saturated carbocycles. The Morgan fingerprint density at radius 2 is 1.95 bits per heavy atom. The van der Waals surface area contributed by atoms with Gasteiger partial charge >= 0.3 is 0 Å². The number of hydrogen-bond acceptors (Lipinski definition) is 8. The van der Waals surface area contributed by atoms with Gasteiger partial charge in [-0.1, -0.05) is 32.6 Å². The average Bonchev–Trinajstić information content (AvgIpc) is 3.67. The van der Waals surface area contributed by atoms with E-state index in [-0.39, 0.29) is 45.1 Å². The van der Waals surface area contributed by atoms with Crippen molar-refractivity contribution < 1.29 is 23.1 Å². The van der Waals surface area contributed by atoms with Gasteiger partial charge < -0.3 is 4.74 Å². The summed E-state index contributed by atoms with van der Waals surface area (Å²) in [6.07, 6.45) is 3.08. The van der Waals surface area contributed by atoms with Crippen molar-refractivity contribution in [1.82, 2.24) is 20.7 Å². The van der Waals surface area contributed by atoms with Gasteiger partial charge in [0.05, 0.1) is 18.9 Å².